The van der Waals surface area contributed by atoms with Gasteiger partial charge in [0.05, 0.1) is 29.9 Å². The van der Waals surface area contributed by atoms with E-state index in [4.69, 9.17) is 37.9 Å². The van der Waals surface area contributed by atoms with Crippen molar-refractivity contribution in [1.29, 1.82) is 0 Å². The van der Waals surface area contributed by atoms with Crippen molar-refractivity contribution in [2.45, 2.75) is 6.54 Å². The third kappa shape index (κ3) is 7.38. The molecule has 2 N–H and O–H groups in total. The van der Waals surface area contributed by atoms with E-state index in [-0.39, 0.29) is 0 Å². The number of aromatic amines is 2. The van der Waals surface area contributed by atoms with Crippen molar-refractivity contribution in [2.24, 2.45) is 0 Å². The van der Waals surface area contributed by atoms with Crippen LogP contribution in [-0.4, -0.2) is 56.8 Å². The average molecular weight is 799 g/mol. The molecule has 7 aromatic rings. The first-order valence-corrected chi connectivity index (χ1v) is 20.5. The quantitative estimate of drug-likeness (QED) is 0.128. The Morgan fingerprint density at radius 2 is 0.862 bits per heavy atom. The summed E-state index contributed by atoms with van der Waals surface area (Å²) >= 11 is 12.5. The summed E-state index contributed by atoms with van der Waals surface area (Å²) in [5, 5.41) is 0. The molecule has 2 aliphatic rings. The van der Waals surface area contributed by atoms with E-state index in [0.29, 0.717) is 31.4 Å². The van der Waals surface area contributed by atoms with Crippen LogP contribution in [0.2, 0.25) is 0 Å². The summed E-state index contributed by atoms with van der Waals surface area (Å²) in [6.07, 6.45) is 8.51. The van der Waals surface area contributed by atoms with Gasteiger partial charge in [0, 0.05) is 81.3 Å². The predicted molar refractivity (Wildman–Crippen MR) is 244 cm³/mol. The van der Waals surface area contributed by atoms with Gasteiger partial charge < -0.3 is 14.7 Å². The first-order valence-electron chi connectivity index (χ1n) is 19.5. The van der Waals surface area contributed by atoms with Crippen molar-refractivity contribution in [2.75, 3.05) is 32.0 Å². The van der Waals surface area contributed by atoms with E-state index in [1.54, 1.807) is 7.11 Å². The minimum atomic E-state index is 0.510. The highest BCUT2D eigenvalue weighted by Gasteiger charge is 2.20. The lowest BCUT2D eigenvalue weighted by molar-refractivity contribution is 0.292. The number of nitrogens with one attached hydrogen (secondary N) is 2. The standard InChI is InChI=1S/C50H41Cl2N5O/c1-58-46-26-17-36(31-37(46)32-57(29-27-51)30-28-52)50-44-24-22-42(55-44)48(34-13-7-3-8-14-34)40-20-18-38(53-40)47(33-11-5-2-6-12-33)39-19-21-41(54-39)49(35-15-9-4-10-16-35)43-23-25-45(50)56-43/h2-26,31,53,56H,27-30,32H2,1H3. The molecule has 5 heterocycles. The summed E-state index contributed by atoms with van der Waals surface area (Å²) in [6.45, 7) is 2.06. The zero-order chi connectivity index (χ0) is 39.4. The highest BCUT2D eigenvalue weighted by Crippen LogP contribution is 2.39. The van der Waals surface area contributed by atoms with Crippen molar-refractivity contribution >= 4 is 69.6 Å². The van der Waals surface area contributed by atoms with Crippen molar-refractivity contribution in [3.05, 3.63) is 162 Å². The Morgan fingerprint density at radius 1 is 0.483 bits per heavy atom. The van der Waals surface area contributed by atoms with Crippen molar-refractivity contribution in [3.8, 4) is 50.3 Å². The number of H-pyrrole nitrogens is 2. The van der Waals surface area contributed by atoms with E-state index < -0.39 is 0 Å². The molecule has 8 heteroatoms. The number of fused-ring (bicyclic) bond motifs is 8. The lowest BCUT2D eigenvalue weighted by Gasteiger charge is -2.22. The van der Waals surface area contributed by atoms with Gasteiger partial charge in [-0.25, -0.2) is 9.97 Å². The number of halogens is 2. The minimum Gasteiger partial charge on any atom is -0.496 e. The number of alkyl halides is 2. The fraction of sp³-hybridized carbons (Fsp3) is 0.120. The van der Waals surface area contributed by atoms with Crippen molar-refractivity contribution < 1.29 is 4.74 Å². The monoisotopic (exact) mass is 797 g/mol. The van der Waals surface area contributed by atoms with Crippen LogP contribution in [0, 0.1) is 0 Å². The van der Waals surface area contributed by atoms with Crippen LogP contribution in [0.1, 0.15) is 28.3 Å². The number of aromatic nitrogens is 4. The van der Waals surface area contributed by atoms with Crippen LogP contribution in [-0.2, 0) is 6.54 Å². The van der Waals surface area contributed by atoms with Gasteiger partial charge in [0.1, 0.15) is 5.75 Å². The van der Waals surface area contributed by atoms with Crippen LogP contribution in [0.25, 0.3) is 90.9 Å². The van der Waals surface area contributed by atoms with Crippen molar-refractivity contribution in [3.63, 3.8) is 0 Å². The number of nitrogens with zero attached hydrogens (tertiary/aromatic N) is 3. The van der Waals surface area contributed by atoms with E-state index in [1.165, 1.54) is 0 Å². The Balaban J connectivity index is 1.40. The molecule has 0 spiro atoms. The van der Waals surface area contributed by atoms with Gasteiger partial charge in [0.2, 0.25) is 0 Å². The number of rotatable bonds is 11. The molecule has 0 saturated carbocycles. The summed E-state index contributed by atoms with van der Waals surface area (Å²) in [4.78, 5) is 20.8. The second-order valence-electron chi connectivity index (χ2n) is 14.3. The number of methoxy groups -OCH3 is 1. The number of hydrogen-bond donors (Lipinski definition) is 2. The lowest BCUT2D eigenvalue weighted by atomic mass is 10.0. The summed E-state index contributed by atoms with van der Waals surface area (Å²) in [5.74, 6) is 1.83. The van der Waals surface area contributed by atoms with Crippen LogP contribution in [0.5, 0.6) is 5.75 Å². The Kier molecular flexibility index (Phi) is 10.8. The molecule has 286 valence electrons. The van der Waals surface area contributed by atoms with Gasteiger partial charge in [-0.3, -0.25) is 4.90 Å². The van der Waals surface area contributed by atoms with Gasteiger partial charge in [-0.15, -0.1) is 23.2 Å². The first kappa shape index (κ1) is 37.4. The maximum atomic E-state index is 6.23. The molecule has 58 heavy (non-hydrogen) atoms. The van der Waals surface area contributed by atoms with E-state index in [2.05, 4.69) is 148 Å². The molecule has 2 aliphatic heterocycles. The van der Waals surface area contributed by atoms with Crippen LogP contribution >= 0.6 is 23.2 Å². The number of ether oxygens (including phenoxy) is 1. The largest absolute Gasteiger partial charge is 0.496 e. The summed E-state index contributed by atoms with van der Waals surface area (Å²) < 4.78 is 5.91. The number of benzene rings is 4. The second kappa shape index (κ2) is 16.7. The van der Waals surface area contributed by atoms with Crippen LogP contribution in [0.15, 0.2) is 133 Å². The summed E-state index contributed by atoms with van der Waals surface area (Å²) in [7, 11) is 1.71. The molecule has 0 fully saturated rings. The predicted octanol–water partition coefficient (Wildman–Crippen LogP) is 12.6. The second-order valence-corrected chi connectivity index (χ2v) is 15.0. The van der Waals surface area contributed by atoms with Gasteiger partial charge in [0.25, 0.3) is 0 Å². The van der Waals surface area contributed by atoms with E-state index >= 15 is 0 Å². The number of hydrogen-bond acceptors (Lipinski definition) is 4. The van der Waals surface area contributed by atoms with Gasteiger partial charge >= 0.3 is 0 Å². The molecule has 3 aromatic heterocycles. The van der Waals surface area contributed by atoms with Crippen molar-refractivity contribution in [1.82, 2.24) is 24.8 Å². The summed E-state index contributed by atoms with van der Waals surface area (Å²) in [5.41, 5.74) is 16.5. The van der Waals surface area contributed by atoms with E-state index in [1.807, 2.05) is 24.3 Å². The van der Waals surface area contributed by atoms with Crippen LogP contribution < -0.4 is 4.74 Å². The maximum Gasteiger partial charge on any atom is 0.123 e. The molecule has 6 nitrogen and oxygen atoms in total. The molecule has 0 saturated heterocycles. The topological polar surface area (TPSA) is 69.8 Å². The van der Waals surface area contributed by atoms with Gasteiger partial charge in [0.15, 0.2) is 0 Å². The van der Waals surface area contributed by atoms with Gasteiger partial charge in [-0.1, -0.05) is 97.1 Å². The van der Waals surface area contributed by atoms with Crippen LogP contribution in [0.4, 0.5) is 0 Å². The first-order chi connectivity index (χ1) is 28.6. The normalized spacial score (nSPS) is 12.1. The Hall–Kier alpha value is -6.18. The molecule has 0 unspecified atom stereocenters. The minimum absolute atomic E-state index is 0.510. The average Bonchev–Trinajstić information content (AvgIpc) is 4.11. The molecule has 8 bridgehead atoms. The molecule has 4 aromatic carbocycles. The maximum absolute atomic E-state index is 6.23. The zero-order valence-corrected chi connectivity index (χ0v) is 33.6. The van der Waals surface area contributed by atoms with E-state index in [0.717, 1.165) is 101 Å². The zero-order valence-electron chi connectivity index (χ0n) is 32.1. The highest BCUT2D eigenvalue weighted by molar-refractivity contribution is 6.18. The third-order valence-corrected chi connectivity index (χ3v) is 11.0. The molecule has 0 atom stereocenters. The Labute approximate surface area is 348 Å². The molecular formula is C50H41Cl2N5O. The Morgan fingerprint density at radius 3 is 1.22 bits per heavy atom. The highest BCUT2D eigenvalue weighted by atomic mass is 35.5. The molecule has 0 radical (unpaired) electrons. The van der Waals surface area contributed by atoms with Crippen LogP contribution in [0.3, 0.4) is 0 Å². The smallest absolute Gasteiger partial charge is 0.123 e. The fourth-order valence-corrected chi connectivity index (χ4v) is 8.52. The van der Waals surface area contributed by atoms with Gasteiger partial charge in [-0.2, -0.15) is 0 Å². The third-order valence-electron chi connectivity index (χ3n) is 10.7. The Bertz CT molecular complexity index is 2780. The molecule has 0 amide bonds. The molecular weight excluding hydrogens is 757 g/mol. The molecule has 9 rings (SSSR count). The lowest BCUT2D eigenvalue weighted by Crippen LogP contribution is -2.27. The molecule has 0 aliphatic carbocycles. The van der Waals surface area contributed by atoms with E-state index in [9.17, 15) is 0 Å². The SMILES string of the molecule is COc1ccc(-c2c3nc(c(-c4ccccc4)c4ccc([nH]4)c(-c4ccccc4)c4nc(c(-c5ccccc5)c5ccc2[nH]5)C=C4)C=C3)cc1CN(CCCl)CCCl. The van der Waals surface area contributed by atoms with Gasteiger partial charge in [-0.05, 0) is 83.0 Å². The fourth-order valence-electron chi connectivity index (χ4n) is 8.04. The summed E-state index contributed by atoms with van der Waals surface area (Å²) in [6, 6.07) is 46.4.